The Morgan fingerprint density at radius 3 is 2.56 bits per heavy atom. The minimum atomic E-state index is -0.790. The molecule has 0 radical (unpaired) electrons. The standard InChI is InChI=1S/C18H14ClNO5/c1-24-18(23)15-13-8-7-12(19)9-14(13)16(21)20(17(15)22)25-10-11-5-3-2-4-6-11/h2-9,22H,10H2,1H3. The summed E-state index contributed by atoms with van der Waals surface area (Å²) in [5.74, 6) is -1.41. The Hall–Kier alpha value is -2.99. The molecule has 1 N–H and O–H groups in total. The molecule has 0 unspecified atom stereocenters. The summed E-state index contributed by atoms with van der Waals surface area (Å²) in [7, 11) is 1.18. The molecule has 128 valence electrons. The van der Waals surface area contributed by atoms with Crippen LogP contribution in [0.5, 0.6) is 5.88 Å². The van der Waals surface area contributed by atoms with Crippen LogP contribution in [-0.4, -0.2) is 22.9 Å². The number of hydrogen-bond acceptors (Lipinski definition) is 5. The number of nitrogens with zero attached hydrogens (tertiary/aromatic N) is 1. The van der Waals surface area contributed by atoms with Crippen LogP contribution in [0.1, 0.15) is 15.9 Å². The van der Waals surface area contributed by atoms with Gasteiger partial charge in [0, 0.05) is 10.4 Å². The van der Waals surface area contributed by atoms with Gasteiger partial charge in [0.05, 0.1) is 12.5 Å². The first-order valence-corrected chi connectivity index (χ1v) is 7.73. The molecule has 0 bridgehead atoms. The van der Waals surface area contributed by atoms with Crippen molar-refractivity contribution < 1.29 is 19.5 Å². The van der Waals surface area contributed by atoms with Crippen molar-refractivity contribution in [1.82, 2.24) is 4.73 Å². The number of fused-ring (bicyclic) bond motifs is 1. The Morgan fingerprint density at radius 1 is 1.16 bits per heavy atom. The van der Waals surface area contributed by atoms with Crippen LogP contribution >= 0.6 is 11.6 Å². The van der Waals surface area contributed by atoms with Crippen molar-refractivity contribution in [2.75, 3.05) is 7.11 Å². The minimum absolute atomic E-state index is 0.0288. The second-order valence-corrected chi connectivity index (χ2v) is 5.68. The first kappa shape index (κ1) is 16.9. The van der Waals surface area contributed by atoms with Crippen LogP contribution in [0.2, 0.25) is 5.02 Å². The molecule has 3 aromatic rings. The summed E-state index contributed by atoms with van der Waals surface area (Å²) in [6.07, 6.45) is 0. The van der Waals surface area contributed by atoms with Gasteiger partial charge in [-0.05, 0) is 17.7 Å². The van der Waals surface area contributed by atoms with Crippen molar-refractivity contribution in [2.45, 2.75) is 6.61 Å². The van der Waals surface area contributed by atoms with E-state index in [2.05, 4.69) is 0 Å². The Kier molecular flexibility index (Phi) is 4.63. The fourth-order valence-electron chi connectivity index (χ4n) is 2.48. The van der Waals surface area contributed by atoms with Gasteiger partial charge in [-0.1, -0.05) is 48.0 Å². The van der Waals surface area contributed by atoms with Gasteiger partial charge >= 0.3 is 5.97 Å². The molecule has 6 nitrogen and oxygen atoms in total. The summed E-state index contributed by atoms with van der Waals surface area (Å²) < 4.78 is 5.39. The Balaban J connectivity index is 2.17. The zero-order valence-corrected chi connectivity index (χ0v) is 14.0. The third-order valence-electron chi connectivity index (χ3n) is 3.67. The van der Waals surface area contributed by atoms with Crippen LogP contribution in [0, 0.1) is 0 Å². The maximum absolute atomic E-state index is 12.7. The molecule has 0 spiro atoms. The molecule has 2 aromatic carbocycles. The average Bonchev–Trinajstić information content (AvgIpc) is 2.63. The number of esters is 1. The van der Waals surface area contributed by atoms with E-state index in [1.165, 1.54) is 25.3 Å². The van der Waals surface area contributed by atoms with E-state index < -0.39 is 17.4 Å². The highest BCUT2D eigenvalue weighted by Crippen LogP contribution is 2.27. The fourth-order valence-corrected chi connectivity index (χ4v) is 2.65. The Labute approximate surface area is 147 Å². The van der Waals surface area contributed by atoms with Crippen molar-refractivity contribution >= 4 is 28.3 Å². The molecule has 1 aromatic heterocycles. The van der Waals surface area contributed by atoms with Crippen LogP contribution < -0.4 is 10.4 Å². The Morgan fingerprint density at radius 2 is 1.88 bits per heavy atom. The highest BCUT2D eigenvalue weighted by atomic mass is 35.5. The molecule has 0 aliphatic rings. The molecule has 0 amide bonds. The quantitative estimate of drug-likeness (QED) is 0.725. The number of ether oxygens (including phenoxy) is 1. The molecule has 25 heavy (non-hydrogen) atoms. The second kappa shape index (κ2) is 6.86. The third kappa shape index (κ3) is 3.16. The molecule has 0 fully saturated rings. The topological polar surface area (TPSA) is 77.8 Å². The monoisotopic (exact) mass is 359 g/mol. The molecule has 0 aliphatic carbocycles. The second-order valence-electron chi connectivity index (χ2n) is 5.24. The van der Waals surface area contributed by atoms with E-state index in [0.29, 0.717) is 9.75 Å². The van der Waals surface area contributed by atoms with E-state index in [-0.39, 0.29) is 22.9 Å². The number of methoxy groups -OCH3 is 1. The lowest BCUT2D eigenvalue weighted by molar-refractivity contribution is 0.0553. The van der Waals surface area contributed by atoms with Gasteiger partial charge in [0.25, 0.3) is 5.56 Å². The summed E-state index contributed by atoms with van der Waals surface area (Å²) in [4.78, 5) is 30.2. The summed E-state index contributed by atoms with van der Waals surface area (Å²) >= 11 is 5.95. The molecule has 1 heterocycles. The zero-order valence-electron chi connectivity index (χ0n) is 13.2. The fraction of sp³-hybridized carbons (Fsp3) is 0.111. The largest absolute Gasteiger partial charge is 0.492 e. The SMILES string of the molecule is COC(=O)c1c(O)n(OCc2ccccc2)c(=O)c2cc(Cl)ccc12. The molecule has 0 atom stereocenters. The van der Waals surface area contributed by atoms with E-state index >= 15 is 0 Å². The minimum Gasteiger partial charge on any atom is -0.492 e. The maximum Gasteiger partial charge on any atom is 0.344 e. The van der Waals surface area contributed by atoms with Crippen LogP contribution in [0.4, 0.5) is 0 Å². The van der Waals surface area contributed by atoms with Gasteiger partial charge in [-0.3, -0.25) is 4.79 Å². The number of pyridine rings is 1. The third-order valence-corrected chi connectivity index (χ3v) is 3.91. The predicted octanol–water partition coefficient (Wildman–Crippen LogP) is 2.78. The molecule has 7 heteroatoms. The average molecular weight is 360 g/mol. The zero-order chi connectivity index (χ0) is 18.0. The lowest BCUT2D eigenvalue weighted by atomic mass is 10.1. The highest BCUT2D eigenvalue weighted by Gasteiger charge is 2.23. The van der Waals surface area contributed by atoms with Crippen LogP contribution in [0.25, 0.3) is 10.8 Å². The number of benzene rings is 2. The number of aromatic nitrogens is 1. The van der Waals surface area contributed by atoms with Crippen LogP contribution in [0.15, 0.2) is 53.3 Å². The molecular formula is C18H14ClNO5. The van der Waals surface area contributed by atoms with Gasteiger partial charge in [-0.2, -0.15) is 0 Å². The molecular weight excluding hydrogens is 346 g/mol. The van der Waals surface area contributed by atoms with Gasteiger partial charge in [-0.15, -0.1) is 4.73 Å². The van der Waals surface area contributed by atoms with Crippen LogP contribution in [-0.2, 0) is 11.3 Å². The number of carbonyl (C=O) groups excluding carboxylic acids is 1. The summed E-state index contributed by atoms with van der Waals surface area (Å²) in [5, 5.41) is 11.1. The van der Waals surface area contributed by atoms with Gasteiger partial charge < -0.3 is 14.7 Å². The Bertz CT molecular complexity index is 998. The van der Waals surface area contributed by atoms with Crippen molar-refractivity contribution in [3.63, 3.8) is 0 Å². The van der Waals surface area contributed by atoms with Crippen molar-refractivity contribution in [1.29, 1.82) is 0 Å². The lowest BCUT2D eigenvalue weighted by Gasteiger charge is -2.15. The van der Waals surface area contributed by atoms with E-state index in [1.54, 1.807) is 12.1 Å². The van der Waals surface area contributed by atoms with Gasteiger partial charge in [0.15, 0.2) is 0 Å². The van der Waals surface area contributed by atoms with E-state index in [1.807, 2.05) is 18.2 Å². The number of aromatic hydroxyl groups is 1. The first-order valence-electron chi connectivity index (χ1n) is 7.35. The number of halogens is 1. The van der Waals surface area contributed by atoms with Gasteiger partial charge in [0.2, 0.25) is 5.88 Å². The predicted molar refractivity (Wildman–Crippen MR) is 92.9 cm³/mol. The smallest absolute Gasteiger partial charge is 0.344 e. The summed E-state index contributed by atoms with van der Waals surface area (Å²) in [5.41, 5.74) is 0.0000200. The number of rotatable bonds is 4. The normalized spacial score (nSPS) is 10.6. The van der Waals surface area contributed by atoms with Gasteiger partial charge in [0.1, 0.15) is 12.2 Å². The first-order chi connectivity index (χ1) is 12.0. The van der Waals surface area contributed by atoms with Crippen LogP contribution in [0.3, 0.4) is 0 Å². The molecule has 0 saturated heterocycles. The van der Waals surface area contributed by atoms with E-state index in [9.17, 15) is 14.7 Å². The van der Waals surface area contributed by atoms with Gasteiger partial charge in [-0.25, -0.2) is 4.79 Å². The molecule has 0 saturated carbocycles. The lowest BCUT2D eigenvalue weighted by Crippen LogP contribution is -2.28. The van der Waals surface area contributed by atoms with Crippen molar-refractivity contribution in [3.05, 3.63) is 75.0 Å². The summed E-state index contributed by atoms with van der Waals surface area (Å²) in [6, 6.07) is 13.5. The molecule has 0 aliphatic heterocycles. The van der Waals surface area contributed by atoms with E-state index in [0.717, 1.165) is 5.56 Å². The van der Waals surface area contributed by atoms with Crippen molar-refractivity contribution in [2.24, 2.45) is 0 Å². The maximum atomic E-state index is 12.7. The number of hydrogen-bond donors (Lipinski definition) is 1. The highest BCUT2D eigenvalue weighted by molar-refractivity contribution is 6.31. The molecule has 3 rings (SSSR count). The van der Waals surface area contributed by atoms with Crippen molar-refractivity contribution in [3.8, 4) is 5.88 Å². The summed E-state index contributed by atoms with van der Waals surface area (Å²) in [6.45, 7) is 0.0288. The number of carbonyl (C=O) groups is 1. The van der Waals surface area contributed by atoms with E-state index in [4.69, 9.17) is 21.2 Å².